The van der Waals surface area contributed by atoms with Crippen molar-refractivity contribution in [2.24, 2.45) is 0 Å². The van der Waals surface area contributed by atoms with Gasteiger partial charge in [-0.05, 0) is 42.4 Å². The molecule has 0 spiro atoms. The Balaban J connectivity index is 2.17. The zero-order valence-corrected chi connectivity index (χ0v) is 13.3. The predicted molar refractivity (Wildman–Crippen MR) is 83.0 cm³/mol. The van der Waals surface area contributed by atoms with Crippen molar-refractivity contribution >= 4 is 27.5 Å². The fourth-order valence-electron chi connectivity index (χ4n) is 1.68. The van der Waals surface area contributed by atoms with E-state index in [1.807, 2.05) is 13.0 Å². The summed E-state index contributed by atoms with van der Waals surface area (Å²) in [7, 11) is 0. The van der Waals surface area contributed by atoms with E-state index in [4.69, 9.17) is 16.3 Å². The third-order valence-electron chi connectivity index (χ3n) is 2.69. The van der Waals surface area contributed by atoms with Crippen molar-refractivity contribution in [3.05, 3.63) is 57.3 Å². The lowest BCUT2D eigenvalue weighted by Gasteiger charge is -2.10. The van der Waals surface area contributed by atoms with Crippen LogP contribution >= 0.6 is 27.5 Å². The Kier molecular flexibility index (Phi) is 5.40. The highest BCUT2D eigenvalue weighted by Gasteiger charge is 2.09. The first-order valence-electron chi connectivity index (χ1n) is 6.22. The van der Waals surface area contributed by atoms with Crippen LogP contribution in [-0.2, 0) is 6.54 Å². The second-order valence-electron chi connectivity index (χ2n) is 4.22. The molecule has 0 bridgehead atoms. The van der Waals surface area contributed by atoms with Crippen LogP contribution in [0.4, 0.5) is 4.39 Å². The average Bonchev–Trinajstić information content (AvgIpc) is 2.42. The van der Waals surface area contributed by atoms with E-state index >= 15 is 0 Å². The number of benzene rings is 2. The largest absolute Gasteiger partial charge is 0.453 e. The van der Waals surface area contributed by atoms with Gasteiger partial charge in [-0.25, -0.2) is 4.39 Å². The average molecular weight is 359 g/mol. The van der Waals surface area contributed by atoms with Crippen molar-refractivity contribution in [2.45, 2.75) is 13.5 Å². The molecule has 0 atom stereocenters. The third-order valence-corrected chi connectivity index (χ3v) is 3.48. The van der Waals surface area contributed by atoms with Crippen LogP contribution in [0.15, 0.2) is 40.9 Å². The molecule has 0 saturated carbocycles. The highest BCUT2D eigenvalue weighted by molar-refractivity contribution is 9.10. The van der Waals surface area contributed by atoms with Gasteiger partial charge in [0.05, 0.1) is 5.02 Å². The first kappa shape index (κ1) is 15.3. The van der Waals surface area contributed by atoms with Crippen LogP contribution < -0.4 is 10.1 Å². The van der Waals surface area contributed by atoms with Crippen molar-refractivity contribution in [1.29, 1.82) is 0 Å². The van der Waals surface area contributed by atoms with Crippen LogP contribution in [0.2, 0.25) is 5.02 Å². The van der Waals surface area contributed by atoms with Gasteiger partial charge in [-0.2, -0.15) is 0 Å². The molecule has 0 heterocycles. The first-order valence-corrected chi connectivity index (χ1v) is 7.39. The van der Waals surface area contributed by atoms with E-state index in [1.54, 1.807) is 24.3 Å². The fraction of sp³-hybridized carbons (Fsp3) is 0.200. The number of hydrogen-bond donors (Lipinski definition) is 1. The van der Waals surface area contributed by atoms with Gasteiger partial charge in [-0.15, -0.1) is 0 Å². The molecular weight excluding hydrogens is 345 g/mol. The van der Waals surface area contributed by atoms with E-state index in [-0.39, 0.29) is 5.75 Å². The molecule has 0 aliphatic carbocycles. The molecule has 0 amide bonds. The minimum Gasteiger partial charge on any atom is -0.453 e. The molecule has 0 fully saturated rings. The summed E-state index contributed by atoms with van der Waals surface area (Å²) in [6, 6.07) is 10.1. The highest BCUT2D eigenvalue weighted by Crippen LogP contribution is 2.32. The number of rotatable bonds is 5. The van der Waals surface area contributed by atoms with Gasteiger partial charge >= 0.3 is 0 Å². The molecule has 2 rings (SSSR count). The summed E-state index contributed by atoms with van der Waals surface area (Å²) >= 11 is 9.35. The van der Waals surface area contributed by atoms with Gasteiger partial charge in [-0.1, -0.05) is 40.5 Å². The van der Waals surface area contributed by atoms with E-state index < -0.39 is 5.82 Å². The van der Waals surface area contributed by atoms with Gasteiger partial charge in [0.2, 0.25) is 0 Å². The Bertz CT molecular complexity index is 606. The molecule has 0 saturated heterocycles. The fourth-order valence-corrected chi connectivity index (χ4v) is 2.39. The molecule has 2 nitrogen and oxygen atoms in total. The number of hydrogen-bond acceptors (Lipinski definition) is 2. The first-order chi connectivity index (χ1) is 9.60. The summed E-state index contributed by atoms with van der Waals surface area (Å²) in [5.74, 6) is 0.182. The second-order valence-corrected chi connectivity index (χ2v) is 5.54. The van der Waals surface area contributed by atoms with Crippen LogP contribution in [0.25, 0.3) is 0 Å². The van der Waals surface area contributed by atoms with Crippen LogP contribution in [0.3, 0.4) is 0 Å². The van der Waals surface area contributed by atoms with Crippen molar-refractivity contribution in [2.75, 3.05) is 6.54 Å². The lowest BCUT2D eigenvalue weighted by molar-refractivity contribution is 0.441. The summed E-state index contributed by atoms with van der Waals surface area (Å²) < 4.78 is 20.3. The van der Waals surface area contributed by atoms with E-state index in [0.29, 0.717) is 17.3 Å². The van der Waals surface area contributed by atoms with E-state index in [2.05, 4.69) is 21.2 Å². The molecule has 2 aromatic carbocycles. The minimum absolute atomic E-state index is 0.162. The summed E-state index contributed by atoms with van der Waals surface area (Å²) in [6.45, 7) is 3.48. The van der Waals surface area contributed by atoms with Crippen LogP contribution in [0.1, 0.15) is 12.5 Å². The van der Waals surface area contributed by atoms with Crippen LogP contribution in [-0.4, -0.2) is 6.54 Å². The lowest BCUT2D eigenvalue weighted by Crippen LogP contribution is -2.11. The van der Waals surface area contributed by atoms with Crippen molar-refractivity contribution in [3.63, 3.8) is 0 Å². The molecule has 0 aliphatic rings. The maximum absolute atomic E-state index is 14.0. The molecule has 20 heavy (non-hydrogen) atoms. The van der Waals surface area contributed by atoms with Crippen LogP contribution in [0.5, 0.6) is 11.5 Å². The number of ether oxygens (including phenoxy) is 1. The summed E-state index contributed by atoms with van der Waals surface area (Å²) in [5, 5.41) is 3.57. The number of nitrogens with one attached hydrogen (secondary N) is 1. The predicted octanol–water partition coefficient (Wildman–Crippen LogP) is 5.14. The lowest BCUT2D eigenvalue weighted by atomic mass is 10.2. The summed E-state index contributed by atoms with van der Waals surface area (Å²) in [5.41, 5.74) is 0.874. The number of halogens is 3. The zero-order chi connectivity index (χ0) is 14.5. The van der Waals surface area contributed by atoms with Crippen LogP contribution in [0, 0.1) is 5.82 Å². The van der Waals surface area contributed by atoms with Crippen molar-refractivity contribution in [3.8, 4) is 11.5 Å². The van der Waals surface area contributed by atoms with Gasteiger partial charge in [-0.3, -0.25) is 0 Å². The minimum atomic E-state index is -0.403. The molecule has 0 aliphatic heterocycles. The Labute approximate surface area is 131 Å². The van der Waals surface area contributed by atoms with Gasteiger partial charge in [0.25, 0.3) is 0 Å². The highest BCUT2D eigenvalue weighted by atomic mass is 79.9. The van der Waals surface area contributed by atoms with E-state index in [9.17, 15) is 4.39 Å². The molecule has 2 aromatic rings. The van der Waals surface area contributed by atoms with Crippen molar-refractivity contribution < 1.29 is 9.13 Å². The van der Waals surface area contributed by atoms with E-state index in [1.165, 1.54) is 6.07 Å². The Morgan fingerprint density at radius 2 is 1.95 bits per heavy atom. The zero-order valence-electron chi connectivity index (χ0n) is 10.9. The Morgan fingerprint density at radius 3 is 2.60 bits per heavy atom. The smallest absolute Gasteiger partial charge is 0.166 e. The maximum Gasteiger partial charge on any atom is 0.166 e. The van der Waals surface area contributed by atoms with E-state index in [0.717, 1.165) is 16.6 Å². The van der Waals surface area contributed by atoms with Gasteiger partial charge < -0.3 is 10.1 Å². The molecular formula is C15H14BrClFNO. The molecule has 5 heteroatoms. The van der Waals surface area contributed by atoms with Gasteiger partial charge in [0, 0.05) is 11.0 Å². The van der Waals surface area contributed by atoms with Gasteiger partial charge in [0.15, 0.2) is 11.6 Å². The Hall–Kier alpha value is -1.10. The third kappa shape index (κ3) is 3.95. The van der Waals surface area contributed by atoms with Gasteiger partial charge in [0.1, 0.15) is 5.75 Å². The normalized spacial score (nSPS) is 10.6. The Morgan fingerprint density at radius 1 is 1.20 bits per heavy atom. The molecule has 1 N–H and O–H groups in total. The molecule has 0 aromatic heterocycles. The second kappa shape index (κ2) is 7.07. The maximum atomic E-state index is 14.0. The SMILES string of the molecule is CCNCc1ccc(Oc2ccc(Br)cc2Cl)c(F)c1. The molecule has 0 unspecified atom stereocenters. The standard InChI is InChI=1S/C15H14BrClFNO/c1-2-19-9-10-3-5-15(13(18)7-10)20-14-6-4-11(16)8-12(14)17/h3-8,19H,2,9H2,1H3. The quantitative estimate of drug-likeness (QED) is 0.798. The summed E-state index contributed by atoms with van der Waals surface area (Å²) in [4.78, 5) is 0. The molecule has 106 valence electrons. The molecule has 0 radical (unpaired) electrons. The topological polar surface area (TPSA) is 21.3 Å². The summed E-state index contributed by atoms with van der Waals surface area (Å²) in [6.07, 6.45) is 0. The van der Waals surface area contributed by atoms with Crippen molar-refractivity contribution in [1.82, 2.24) is 5.32 Å². The monoisotopic (exact) mass is 357 g/mol.